The van der Waals surface area contributed by atoms with Crippen LogP contribution >= 0.6 is 12.4 Å². The van der Waals surface area contributed by atoms with Crippen LogP contribution in [0.3, 0.4) is 0 Å². The number of halogens is 2. The van der Waals surface area contributed by atoms with E-state index in [2.05, 4.69) is 0 Å². The van der Waals surface area contributed by atoms with Gasteiger partial charge in [0.15, 0.2) is 11.6 Å². The van der Waals surface area contributed by atoms with E-state index in [1.807, 2.05) is 4.90 Å². The SMILES string of the molecule is Cl.NC1CCN(c2c(F)cn3c(=O)c(C(=O)O)cc4c3c2-c2ccccc2O4)C1. The van der Waals surface area contributed by atoms with Crippen molar-refractivity contribution < 1.29 is 19.0 Å². The van der Waals surface area contributed by atoms with Crippen LogP contribution in [0.25, 0.3) is 16.6 Å². The molecule has 0 spiro atoms. The zero-order chi connectivity index (χ0) is 19.6. The smallest absolute Gasteiger partial charge is 0.341 e. The number of carboxylic acid groups (broad SMARTS) is 1. The van der Waals surface area contributed by atoms with Crippen molar-refractivity contribution in [3.05, 3.63) is 58.3 Å². The Morgan fingerprint density at radius 2 is 2.03 bits per heavy atom. The van der Waals surface area contributed by atoms with Gasteiger partial charge in [-0.1, -0.05) is 18.2 Å². The molecule has 4 heterocycles. The lowest BCUT2D eigenvalue weighted by Crippen LogP contribution is -2.29. The Kier molecular flexibility index (Phi) is 4.48. The van der Waals surface area contributed by atoms with Crippen LogP contribution in [0.2, 0.25) is 0 Å². The molecule has 29 heavy (non-hydrogen) atoms. The predicted molar refractivity (Wildman–Crippen MR) is 108 cm³/mol. The lowest BCUT2D eigenvalue weighted by atomic mass is 9.97. The maximum Gasteiger partial charge on any atom is 0.341 e. The normalized spacial score (nSPS) is 16.9. The first-order valence-electron chi connectivity index (χ1n) is 8.88. The summed E-state index contributed by atoms with van der Waals surface area (Å²) in [6, 6.07) is 8.24. The third kappa shape index (κ3) is 2.75. The number of carboxylic acids is 1. The highest BCUT2D eigenvalue weighted by Crippen LogP contribution is 2.49. The van der Waals surface area contributed by atoms with Gasteiger partial charge in [-0.05, 0) is 12.5 Å². The number of benzene rings is 1. The molecule has 2 aromatic heterocycles. The fourth-order valence-corrected chi connectivity index (χ4v) is 4.05. The largest absolute Gasteiger partial charge is 0.477 e. The highest BCUT2D eigenvalue weighted by atomic mass is 35.5. The summed E-state index contributed by atoms with van der Waals surface area (Å²) in [5, 5.41) is 9.37. The maximum absolute atomic E-state index is 15.3. The van der Waals surface area contributed by atoms with E-state index in [-0.39, 0.29) is 24.2 Å². The Hall–Kier alpha value is -3.10. The van der Waals surface area contributed by atoms with Crippen LogP contribution in [-0.4, -0.2) is 34.6 Å². The number of para-hydroxylation sites is 1. The van der Waals surface area contributed by atoms with Crippen molar-refractivity contribution in [3.63, 3.8) is 0 Å². The van der Waals surface area contributed by atoms with Crippen LogP contribution in [0, 0.1) is 5.82 Å². The van der Waals surface area contributed by atoms with E-state index >= 15 is 4.39 Å². The number of hydrogen-bond donors (Lipinski definition) is 2. The van der Waals surface area contributed by atoms with E-state index in [1.165, 1.54) is 6.07 Å². The van der Waals surface area contributed by atoms with Crippen molar-refractivity contribution in [3.8, 4) is 22.6 Å². The molecule has 1 saturated heterocycles. The number of nitrogens with zero attached hydrogens (tertiary/aromatic N) is 2. The fraction of sp³-hybridized carbons (Fsp3) is 0.200. The monoisotopic (exact) mass is 417 g/mol. The Labute approximate surface area is 170 Å². The standard InChI is InChI=1S/C20H16FN3O4.ClH/c21-13-9-24-18-15(7-12(19(24)25)20(26)27)28-14-4-2-1-3-11(14)16(18)17(13)23-6-5-10(22)8-23;/h1-4,7,9-10H,5-6,8,22H2,(H,26,27);1H. The molecule has 0 radical (unpaired) electrons. The Morgan fingerprint density at radius 3 is 2.72 bits per heavy atom. The topological polar surface area (TPSA) is 97.3 Å². The molecule has 1 atom stereocenters. The summed E-state index contributed by atoms with van der Waals surface area (Å²) >= 11 is 0. The molecule has 1 aromatic carbocycles. The van der Waals surface area contributed by atoms with Crippen molar-refractivity contribution in [1.29, 1.82) is 0 Å². The second kappa shape index (κ2) is 6.75. The van der Waals surface area contributed by atoms with Gasteiger partial charge in [-0.3, -0.25) is 9.20 Å². The van der Waals surface area contributed by atoms with Crippen molar-refractivity contribution in [2.45, 2.75) is 12.5 Å². The highest BCUT2D eigenvalue weighted by Gasteiger charge is 2.32. The highest BCUT2D eigenvalue weighted by molar-refractivity contribution is 6.00. The number of nitrogens with two attached hydrogens (primary N) is 1. The minimum atomic E-state index is -1.39. The van der Waals surface area contributed by atoms with Crippen LogP contribution in [0.1, 0.15) is 16.8 Å². The first-order valence-corrected chi connectivity index (χ1v) is 8.88. The first-order chi connectivity index (χ1) is 13.5. The molecular weight excluding hydrogens is 401 g/mol. The molecule has 7 nitrogen and oxygen atoms in total. The number of ether oxygens (including phenoxy) is 1. The Balaban J connectivity index is 0.00000205. The molecule has 0 aliphatic carbocycles. The van der Waals surface area contributed by atoms with E-state index in [0.717, 1.165) is 17.0 Å². The molecule has 9 heteroatoms. The summed E-state index contributed by atoms with van der Waals surface area (Å²) in [4.78, 5) is 26.1. The van der Waals surface area contributed by atoms with Crippen LogP contribution in [0.4, 0.5) is 10.1 Å². The van der Waals surface area contributed by atoms with Crippen molar-refractivity contribution in [2.75, 3.05) is 18.0 Å². The van der Waals surface area contributed by atoms with Gasteiger partial charge in [-0.25, -0.2) is 9.18 Å². The fourth-order valence-electron chi connectivity index (χ4n) is 4.05. The minimum Gasteiger partial charge on any atom is -0.477 e. The van der Waals surface area contributed by atoms with Crippen molar-refractivity contribution >= 4 is 29.6 Å². The van der Waals surface area contributed by atoms with Gasteiger partial charge in [0.2, 0.25) is 0 Å². The van der Waals surface area contributed by atoms with Crippen LogP contribution in [0.15, 0.2) is 41.3 Å². The third-order valence-corrected chi connectivity index (χ3v) is 5.29. The summed E-state index contributed by atoms with van der Waals surface area (Å²) in [6.07, 6.45) is 1.77. The lowest BCUT2D eigenvalue weighted by Gasteiger charge is -2.28. The summed E-state index contributed by atoms with van der Waals surface area (Å²) in [5.74, 6) is -1.32. The zero-order valence-electron chi connectivity index (χ0n) is 15.1. The van der Waals surface area contributed by atoms with Crippen molar-refractivity contribution in [1.82, 2.24) is 4.40 Å². The minimum absolute atomic E-state index is 0. The molecule has 5 rings (SSSR count). The molecule has 0 amide bonds. The number of aromatic carboxylic acids is 1. The molecule has 0 saturated carbocycles. The maximum atomic E-state index is 15.3. The zero-order valence-corrected chi connectivity index (χ0v) is 15.9. The number of rotatable bonds is 2. The third-order valence-electron chi connectivity index (χ3n) is 5.29. The molecule has 2 aliphatic heterocycles. The van der Waals surface area contributed by atoms with Gasteiger partial charge in [0.05, 0.1) is 11.9 Å². The molecule has 150 valence electrons. The van der Waals surface area contributed by atoms with Crippen LogP contribution in [0.5, 0.6) is 11.5 Å². The second-order valence-electron chi connectivity index (χ2n) is 7.04. The molecular formula is C20H17ClFN3O4. The van der Waals surface area contributed by atoms with E-state index in [4.69, 9.17) is 10.5 Å². The quantitative estimate of drug-likeness (QED) is 0.520. The molecule has 1 unspecified atom stereocenters. The Morgan fingerprint density at radius 1 is 1.28 bits per heavy atom. The summed E-state index contributed by atoms with van der Waals surface area (Å²) in [5.41, 5.74) is 6.60. The Bertz CT molecular complexity index is 1230. The predicted octanol–water partition coefficient (Wildman–Crippen LogP) is 2.87. The number of anilines is 1. The molecule has 1 fully saturated rings. The van der Waals surface area contributed by atoms with E-state index in [9.17, 15) is 14.7 Å². The second-order valence-corrected chi connectivity index (χ2v) is 7.04. The molecule has 3 aromatic rings. The van der Waals surface area contributed by atoms with Crippen LogP contribution in [-0.2, 0) is 0 Å². The van der Waals surface area contributed by atoms with E-state index in [1.54, 1.807) is 24.3 Å². The average molecular weight is 418 g/mol. The van der Waals surface area contributed by atoms with E-state index in [0.29, 0.717) is 41.2 Å². The lowest BCUT2D eigenvalue weighted by molar-refractivity contribution is 0.0694. The van der Waals surface area contributed by atoms with Gasteiger partial charge in [-0.2, -0.15) is 0 Å². The number of pyridine rings is 2. The van der Waals surface area contributed by atoms with Gasteiger partial charge >= 0.3 is 5.97 Å². The first kappa shape index (κ1) is 19.2. The van der Waals surface area contributed by atoms with Gasteiger partial charge in [-0.15, -0.1) is 12.4 Å². The molecule has 0 bridgehead atoms. The van der Waals surface area contributed by atoms with Gasteiger partial charge in [0.25, 0.3) is 5.56 Å². The van der Waals surface area contributed by atoms with E-state index < -0.39 is 22.9 Å². The molecule has 2 aliphatic rings. The number of hydrogen-bond acceptors (Lipinski definition) is 5. The summed E-state index contributed by atoms with van der Waals surface area (Å²) in [7, 11) is 0. The molecule has 3 N–H and O–H groups in total. The number of carbonyl (C=O) groups is 1. The average Bonchev–Trinajstić information content (AvgIpc) is 3.09. The summed E-state index contributed by atoms with van der Waals surface area (Å²) < 4.78 is 22.2. The van der Waals surface area contributed by atoms with Crippen LogP contribution < -0.4 is 20.9 Å². The van der Waals surface area contributed by atoms with Gasteiger partial charge < -0.3 is 20.5 Å². The number of aromatic nitrogens is 1. The van der Waals surface area contributed by atoms with Gasteiger partial charge in [0.1, 0.15) is 16.8 Å². The number of fused-ring (bicyclic) bond motifs is 2. The van der Waals surface area contributed by atoms with Crippen molar-refractivity contribution in [2.24, 2.45) is 5.73 Å². The summed E-state index contributed by atoms with van der Waals surface area (Å²) in [6.45, 7) is 1.09. The van der Waals surface area contributed by atoms with Gasteiger partial charge in [0, 0.05) is 36.3 Å².